The first-order valence-corrected chi connectivity index (χ1v) is 6.38. The highest BCUT2D eigenvalue weighted by molar-refractivity contribution is 6.31. The van der Waals surface area contributed by atoms with Crippen LogP contribution in [0, 0.1) is 6.92 Å². The summed E-state index contributed by atoms with van der Waals surface area (Å²) in [7, 11) is 0. The van der Waals surface area contributed by atoms with Gasteiger partial charge in [0.25, 0.3) is 0 Å². The van der Waals surface area contributed by atoms with Crippen molar-refractivity contribution in [3.63, 3.8) is 0 Å². The van der Waals surface area contributed by atoms with Gasteiger partial charge in [0, 0.05) is 16.6 Å². The van der Waals surface area contributed by atoms with Gasteiger partial charge in [0.1, 0.15) is 0 Å². The summed E-state index contributed by atoms with van der Waals surface area (Å²) in [5.74, 6) is 1.44. The normalized spacial score (nSPS) is 11.2. The standard InChI is InChI=1S/C14H17ClN2O/c1-9(2)16-8-14-17-7-13(18-14)11-5-4-10(3)12(15)6-11/h4-7,9,16H,8H2,1-3H3. The molecule has 0 aliphatic rings. The lowest BCUT2D eigenvalue weighted by molar-refractivity contribution is 0.459. The first-order valence-electron chi connectivity index (χ1n) is 6.01. The van der Waals surface area contributed by atoms with Crippen LogP contribution >= 0.6 is 11.6 Å². The van der Waals surface area contributed by atoms with Gasteiger partial charge in [0.2, 0.25) is 5.89 Å². The molecular formula is C14H17ClN2O. The van der Waals surface area contributed by atoms with Crippen molar-refractivity contribution in [3.05, 3.63) is 40.9 Å². The lowest BCUT2D eigenvalue weighted by atomic mass is 10.1. The Morgan fingerprint density at radius 1 is 1.39 bits per heavy atom. The smallest absolute Gasteiger partial charge is 0.208 e. The molecular weight excluding hydrogens is 248 g/mol. The van der Waals surface area contributed by atoms with Crippen LogP contribution in [0.4, 0.5) is 0 Å². The molecule has 0 saturated carbocycles. The number of halogens is 1. The van der Waals surface area contributed by atoms with E-state index in [1.807, 2.05) is 25.1 Å². The van der Waals surface area contributed by atoms with Crippen molar-refractivity contribution in [1.29, 1.82) is 0 Å². The molecule has 1 aromatic heterocycles. The van der Waals surface area contributed by atoms with Crippen LogP contribution in [-0.2, 0) is 6.54 Å². The van der Waals surface area contributed by atoms with Crippen molar-refractivity contribution in [3.8, 4) is 11.3 Å². The second-order valence-electron chi connectivity index (χ2n) is 4.62. The van der Waals surface area contributed by atoms with E-state index in [0.717, 1.165) is 21.9 Å². The Balaban J connectivity index is 2.16. The minimum absolute atomic E-state index is 0.411. The van der Waals surface area contributed by atoms with Crippen LogP contribution in [0.3, 0.4) is 0 Å². The number of aryl methyl sites for hydroxylation is 1. The first-order chi connectivity index (χ1) is 8.56. The summed E-state index contributed by atoms with van der Waals surface area (Å²) in [6, 6.07) is 6.28. The highest BCUT2D eigenvalue weighted by Crippen LogP contribution is 2.25. The fourth-order valence-corrected chi connectivity index (χ4v) is 1.74. The third-order valence-electron chi connectivity index (χ3n) is 2.67. The molecule has 3 nitrogen and oxygen atoms in total. The van der Waals surface area contributed by atoms with Gasteiger partial charge < -0.3 is 9.73 Å². The molecule has 4 heteroatoms. The van der Waals surface area contributed by atoms with Gasteiger partial charge in [-0.15, -0.1) is 0 Å². The van der Waals surface area contributed by atoms with E-state index in [2.05, 4.69) is 24.1 Å². The van der Waals surface area contributed by atoms with Crippen molar-refractivity contribution in [2.45, 2.75) is 33.4 Å². The maximum absolute atomic E-state index is 6.10. The summed E-state index contributed by atoms with van der Waals surface area (Å²) in [5, 5.41) is 4.01. The topological polar surface area (TPSA) is 38.1 Å². The largest absolute Gasteiger partial charge is 0.439 e. The number of oxazole rings is 1. The summed E-state index contributed by atoms with van der Waals surface area (Å²) in [6.45, 7) is 6.79. The van der Waals surface area contributed by atoms with Crippen molar-refractivity contribution < 1.29 is 4.42 Å². The molecule has 18 heavy (non-hydrogen) atoms. The SMILES string of the molecule is Cc1ccc(-c2cnc(CNC(C)C)o2)cc1Cl. The molecule has 0 unspecified atom stereocenters. The monoisotopic (exact) mass is 264 g/mol. The minimum atomic E-state index is 0.411. The third kappa shape index (κ3) is 3.12. The molecule has 96 valence electrons. The summed E-state index contributed by atoms with van der Waals surface area (Å²) < 4.78 is 5.68. The first kappa shape index (κ1) is 13.1. The zero-order valence-electron chi connectivity index (χ0n) is 10.8. The lowest BCUT2D eigenvalue weighted by Gasteiger charge is -2.04. The molecule has 1 aromatic carbocycles. The lowest BCUT2D eigenvalue weighted by Crippen LogP contribution is -2.21. The molecule has 0 aliphatic heterocycles. The molecule has 0 saturated heterocycles. The van der Waals surface area contributed by atoms with Gasteiger partial charge in [-0.1, -0.05) is 37.6 Å². The number of hydrogen-bond acceptors (Lipinski definition) is 3. The Morgan fingerprint density at radius 2 is 2.17 bits per heavy atom. The zero-order chi connectivity index (χ0) is 13.1. The second kappa shape index (κ2) is 5.55. The predicted molar refractivity (Wildman–Crippen MR) is 73.7 cm³/mol. The van der Waals surface area contributed by atoms with Gasteiger partial charge >= 0.3 is 0 Å². The summed E-state index contributed by atoms with van der Waals surface area (Å²) in [4.78, 5) is 4.24. The molecule has 2 rings (SSSR count). The van der Waals surface area contributed by atoms with Gasteiger partial charge in [0.05, 0.1) is 12.7 Å². The molecule has 1 N–H and O–H groups in total. The van der Waals surface area contributed by atoms with Crippen LogP contribution in [0.1, 0.15) is 25.3 Å². The van der Waals surface area contributed by atoms with Crippen LogP contribution in [0.15, 0.2) is 28.8 Å². The highest BCUT2D eigenvalue weighted by Gasteiger charge is 2.08. The molecule has 0 fully saturated rings. The van der Waals surface area contributed by atoms with Gasteiger partial charge in [-0.25, -0.2) is 4.98 Å². The van der Waals surface area contributed by atoms with Gasteiger partial charge in [0.15, 0.2) is 5.76 Å². The van der Waals surface area contributed by atoms with E-state index in [9.17, 15) is 0 Å². The van der Waals surface area contributed by atoms with Crippen molar-refractivity contribution in [2.24, 2.45) is 0 Å². The van der Waals surface area contributed by atoms with Gasteiger partial charge in [-0.05, 0) is 18.6 Å². The summed E-state index contributed by atoms with van der Waals surface area (Å²) in [5.41, 5.74) is 2.01. The number of benzene rings is 1. The van der Waals surface area contributed by atoms with E-state index in [0.29, 0.717) is 18.5 Å². The quantitative estimate of drug-likeness (QED) is 0.913. The average molecular weight is 265 g/mol. The van der Waals surface area contributed by atoms with Crippen LogP contribution in [0.2, 0.25) is 5.02 Å². The molecule has 0 radical (unpaired) electrons. The summed E-state index contributed by atoms with van der Waals surface area (Å²) >= 11 is 6.10. The van der Waals surface area contributed by atoms with Gasteiger partial charge in [-0.2, -0.15) is 0 Å². The number of aromatic nitrogens is 1. The molecule has 0 spiro atoms. The number of nitrogens with one attached hydrogen (secondary N) is 1. The van der Waals surface area contributed by atoms with Crippen LogP contribution in [-0.4, -0.2) is 11.0 Å². The van der Waals surface area contributed by atoms with Crippen molar-refractivity contribution in [2.75, 3.05) is 0 Å². The van der Waals surface area contributed by atoms with E-state index in [4.69, 9.17) is 16.0 Å². The Hall–Kier alpha value is -1.32. The molecule has 0 bridgehead atoms. The van der Waals surface area contributed by atoms with E-state index in [1.165, 1.54) is 0 Å². The Morgan fingerprint density at radius 3 is 2.83 bits per heavy atom. The van der Waals surface area contributed by atoms with Crippen LogP contribution in [0.25, 0.3) is 11.3 Å². The fraction of sp³-hybridized carbons (Fsp3) is 0.357. The highest BCUT2D eigenvalue weighted by atomic mass is 35.5. The predicted octanol–water partition coefficient (Wildman–Crippen LogP) is 3.80. The number of rotatable bonds is 4. The van der Waals surface area contributed by atoms with E-state index < -0.39 is 0 Å². The summed E-state index contributed by atoms with van der Waals surface area (Å²) in [6.07, 6.45) is 1.73. The van der Waals surface area contributed by atoms with Crippen LogP contribution in [0.5, 0.6) is 0 Å². The van der Waals surface area contributed by atoms with Crippen molar-refractivity contribution in [1.82, 2.24) is 10.3 Å². The fourth-order valence-electron chi connectivity index (χ4n) is 1.56. The average Bonchev–Trinajstić information content (AvgIpc) is 2.79. The Bertz CT molecular complexity index is 534. The maximum Gasteiger partial charge on any atom is 0.208 e. The molecule has 0 amide bonds. The van der Waals surface area contributed by atoms with E-state index in [1.54, 1.807) is 6.20 Å². The third-order valence-corrected chi connectivity index (χ3v) is 3.08. The Labute approximate surface area is 112 Å². The van der Waals surface area contributed by atoms with E-state index in [-0.39, 0.29) is 0 Å². The molecule has 2 aromatic rings. The zero-order valence-corrected chi connectivity index (χ0v) is 11.6. The molecule has 0 aliphatic carbocycles. The second-order valence-corrected chi connectivity index (χ2v) is 5.03. The van der Waals surface area contributed by atoms with Crippen molar-refractivity contribution >= 4 is 11.6 Å². The number of hydrogen-bond donors (Lipinski definition) is 1. The molecule has 1 heterocycles. The maximum atomic E-state index is 6.10. The van der Waals surface area contributed by atoms with Gasteiger partial charge in [-0.3, -0.25) is 0 Å². The minimum Gasteiger partial charge on any atom is -0.439 e. The molecule has 0 atom stereocenters. The Kier molecular flexibility index (Phi) is 4.04. The van der Waals surface area contributed by atoms with Crippen LogP contribution < -0.4 is 5.32 Å². The number of nitrogens with zero attached hydrogens (tertiary/aromatic N) is 1. The van der Waals surface area contributed by atoms with E-state index >= 15 is 0 Å².